The van der Waals surface area contributed by atoms with Crippen molar-refractivity contribution in [1.82, 2.24) is 0 Å². The zero-order chi connectivity index (χ0) is 15.4. The van der Waals surface area contributed by atoms with E-state index in [1.165, 1.54) is 12.1 Å². The Morgan fingerprint density at radius 3 is 2.43 bits per heavy atom. The van der Waals surface area contributed by atoms with Crippen LogP contribution in [0.3, 0.4) is 0 Å². The largest absolute Gasteiger partial charge is 0.489 e. The van der Waals surface area contributed by atoms with E-state index in [1.807, 2.05) is 19.1 Å². The molecule has 0 spiro atoms. The van der Waals surface area contributed by atoms with Crippen molar-refractivity contribution in [1.29, 1.82) is 0 Å². The lowest BCUT2D eigenvalue weighted by molar-refractivity contribution is 0.292. The van der Waals surface area contributed by atoms with Crippen LogP contribution in [-0.2, 0) is 13.0 Å². The average molecular weight is 356 g/mol. The topological polar surface area (TPSA) is 35.2 Å². The van der Waals surface area contributed by atoms with Crippen LogP contribution in [0.25, 0.3) is 0 Å². The molecule has 2 nitrogen and oxygen atoms in total. The van der Waals surface area contributed by atoms with Crippen LogP contribution in [-0.4, -0.2) is 6.04 Å². The highest BCUT2D eigenvalue weighted by Gasteiger charge is 2.13. The molecule has 0 amide bonds. The molecule has 0 radical (unpaired) electrons. The molecule has 0 bridgehead atoms. The van der Waals surface area contributed by atoms with Crippen LogP contribution in [0.2, 0.25) is 0 Å². The zero-order valence-corrected chi connectivity index (χ0v) is 13.2. The molecule has 0 fully saturated rings. The number of rotatable bonds is 5. The van der Waals surface area contributed by atoms with Gasteiger partial charge in [-0.15, -0.1) is 0 Å². The van der Waals surface area contributed by atoms with E-state index in [2.05, 4.69) is 15.9 Å². The summed E-state index contributed by atoms with van der Waals surface area (Å²) in [6.45, 7) is 1.77. The summed E-state index contributed by atoms with van der Waals surface area (Å²) in [6.07, 6.45) is 0.773. The van der Waals surface area contributed by atoms with E-state index in [1.54, 1.807) is 12.1 Å². The van der Waals surface area contributed by atoms with Gasteiger partial charge in [-0.3, -0.25) is 0 Å². The molecular weight excluding hydrogens is 340 g/mol. The molecule has 0 heterocycles. The minimum absolute atomic E-state index is 0.0848. The molecular formula is C16H16BrF2NO. The van der Waals surface area contributed by atoms with E-state index in [-0.39, 0.29) is 22.7 Å². The van der Waals surface area contributed by atoms with Gasteiger partial charge in [0.25, 0.3) is 0 Å². The van der Waals surface area contributed by atoms with Crippen molar-refractivity contribution < 1.29 is 13.5 Å². The van der Waals surface area contributed by atoms with Crippen molar-refractivity contribution in [3.8, 4) is 5.75 Å². The Morgan fingerprint density at radius 1 is 1.14 bits per heavy atom. The lowest BCUT2D eigenvalue weighted by atomic mass is 10.1. The Bertz CT molecular complexity index is 614. The first-order chi connectivity index (χ1) is 9.97. The molecule has 2 N–H and O–H groups in total. The first-order valence-corrected chi connectivity index (χ1v) is 7.36. The molecule has 0 saturated heterocycles. The summed E-state index contributed by atoms with van der Waals surface area (Å²) < 4.78 is 33.0. The fraction of sp³-hybridized carbons (Fsp3) is 0.250. The lowest BCUT2D eigenvalue weighted by Crippen LogP contribution is -2.17. The summed E-state index contributed by atoms with van der Waals surface area (Å²) in [6, 6.07) is 9.95. The van der Waals surface area contributed by atoms with Crippen LogP contribution in [0, 0.1) is 11.6 Å². The van der Waals surface area contributed by atoms with E-state index >= 15 is 0 Å². The molecule has 0 saturated carbocycles. The minimum Gasteiger partial charge on any atom is -0.489 e. The van der Waals surface area contributed by atoms with Gasteiger partial charge in [-0.25, -0.2) is 8.78 Å². The summed E-state index contributed by atoms with van der Waals surface area (Å²) in [5.74, 6) is -0.699. The van der Waals surface area contributed by atoms with Crippen LogP contribution >= 0.6 is 15.9 Å². The zero-order valence-electron chi connectivity index (χ0n) is 11.6. The van der Waals surface area contributed by atoms with Gasteiger partial charge in [-0.1, -0.05) is 12.1 Å². The van der Waals surface area contributed by atoms with E-state index < -0.39 is 11.6 Å². The third-order valence-electron chi connectivity index (χ3n) is 3.00. The van der Waals surface area contributed by atoms with Crippen molar-refractivity contribution in [3.05, 3.63) is 63.6 Å². The van der Waals surface area contributed by atoms with E-state index in [4.69, 9.17) is 10.5 Å². The molecule has 1 atom stereocenters. The molecule has 21 heavy (non-hydrogen) atoms. The van der Waals surface area contributed by atoms with Gasteiger partial charge in [0.15, 0.2) is 0 Å². The van der Waals surface area contributed by atoms with E-state index in [0.717, 1.165) is 12.0 Å². The maximum Gasteiger partial charge on any atom is 0.146 e. The Labute approximate surface area is 131 Å². The number of halogens is 3. The quantitative estimate of drug-likeness (QED) is 0.816. The highest BCUT2D eigenvalue weighted by molar-refractivity contribution is 9.10. The van der Waals surface area contributed by atoms with Gasteiger partial charge < -0.3 is 10.5 Å². The van der Waals surface area contributed by atoms with Gasteiger partial charge in [0, 0.05) is 6.04 Å². The summed E-state index contributed by atoms with van der Waals surface area (Å²) in [4.78, 5) is 0. The molecule has 0 aromatic heterocycles. The monoisotopic (exact) mass is 355 g/mol. The van der Waals surface area contributed by atoms with Gasteiger partial charge in [0.2, 0.25) is 0 Å². The predicted molar refractivity (Wildman–Crippen MR) is 82.2 cm³/mol. The van der Waals surface area contributed by atoms with Crippen LogP contribution in [0.4, 0.5) is 8.78 Å². The lowest BCUT2D eigenvalue weighted by Gasteiger charge is -2.10. The third-order valence-corrected chi connectivity index (χ3v) is 3.62. The highest BCUT2D eigenvalue weighted by Crippen LogP contribution is 2.23. The SMILES string of the molecule is CC(N)Cc1ccc(OCc2c(F)ccc(Br)c2F)cc1. The van der Waals surface area contributed by atoms with Crippen molar-refractivity contribution in [3.63, 3.8) is 0 Å². The second-order valence-electron chi connectivity index (χ2n) is 4.94. The fourth-order valence-electron chi connectivity index (χ4n) is 1.95. The van der Waals surface area contributed by atoms with E-state index in [9.17, 15) is 8.78 Å². The number of hydrogen-bond acceptors (Lipinski definition) is 2. The van der Waals surface area contributed by atoms with Crippen LogP contribution < -0.4 is 10.5 Å². The Hall–Kier alpha value is -1.46. The minimum atomic E-state index is -0.636. The van der Waals surface area contributed by atoms with Gasteiger partial charge in [-0.05, 0) is 59.1 Å². The third kappa shape index (κ3) is 4.25. The standard InChI is InChI=1S/C16H16BrF2NO/c1-10(20)8-11-2-4-12(5-3-11)21-9-13-15(18)7-6-14(17)16(13)19/h2-7,10H,8-9,20H2,1H3. The maximum atomic E-state index is 13.8. The predicted octanol–water partition coefficient (Wildman–Crippen LogP) is 4.20. The van der Waals surface area contributed by atoms with Crippen LogP contribution in [0.15, 0.2) is 40.9 Å². The van der Waals surface area contributed by atoms with Gasteiger partial charge in [0.05, 0.1) is 10.0 Å². The van der Waals surface area contributed by atoms with Crippen LogP contribution in [0.5, 0.6) is 5.75 Å². The number of nitrogens with two attached hydrogens (primary N) is 1. The molecule has 2 aromatic rings. The summed E-state index contributed by atoms with van der Waals surface area (Å²) in [5.41, 5.74) is 6.73. The molecule has 2 aromatic carbocycles. The summed E-state index contributed by atoms with van der Waals surface area (Å²) in [5, 5.41) is 0. The number of hydrogen-bond donors (Lipinski definition) is 1. The van der Waals surface area contributed by atoms with Crippen molar-refractivity contribution in [2.75, 3.05) is 0 Å². The van der Waals surface area contributed by atoms with Gasteiger partial charge in [-0.2, -0.15) is 0 Å². The number of ether oxygens (including phenoxy) is 1. The van der Waals surface area contributed by atoms with Gasteiger partial charge >= 0.3 is 0 Å². The second-order valence-corrected chi connectivity index (χ2v) is 5.79. The molecule has 0 aliphatic carbocycles. The first-order valence-electron chi connectivity index (χ1n) is 6.57. The van der Waals surface area contributed by atoms with Crippen molar-refractivity contribution in [2.45, 2.75) is 26.0 Å². The summed E-state index contributed by atoms with van der Waals surface area (Å²) in [7, 11) is 0. The first kappa shape index (κ1) is 15.9. The second kappa shape index (κ2) is 7.00. The molecule has 112 valence electrons. The summed E-state index contributed by atoms with van der Waals surface area (Å²) >= 11 is 3.03. The fourth-order valence-corrected chi connectivity index (χ4v) is 2.32. The highest BCUT2D eigenvalue weighted by atomic mass is 79.9. The van der Waals surface area contributed by atoms with Crippen molar-refractivity contribution >= 4 is 15.9 Å². The Kier molecular flexibility index (Phi) is 5.31. The molecule has 5 heteroatoms. The molecule has 1 unspecified atom stereocenters. The van der Waals surface area contributed by atoms with Gasteiger partial charge in [0.1, 0.15) is 24.0 Å². The molecule has 0 aliphatic heterocycles. The smallest absolute Gasteiger partial charge is 0.146 e. The molecule has 2 rings (SSSR count). The van der Waals surface area contributed by atoms with E-state index in [0.29, 0.717) is 5.75 Å². The Balaban J connectivity index is 2.05. The van der Waals surface area contributed by atoms with Crippen LogP contribution in [0.1, 0.15) is 18.1 Å². The maximum absolute atomic E-state index is 13.8. The normalized spacial score (nSPS) is 12.2. The van der Waals surface area contributed by atoms with Crippen molar-refractivity contribution in [2.24, 2.45) is 5.73 Å². The molecule has 0 aliphatic rings. The number of benzene rings is 2. The average Bonchev–Trinajstić information content (AvgIpc) is 2.44. The Morgan fingerprint density at radius 2 is 1.81 bits per heavy atom.